The molecular formula is C15H15N3O2S. The number of nitrogens with zero attached hydrogens (tertiary/aromatic N) is 2. The SMILES string of the molecule is C#Cc1cncc2cccc(S(=O)(=O)N3CCC(N)C3)c12. The van der Waals surface area contributed by atoms with Crippen molar-refractivity contribution in [1.82, 2.24) is 9.29 Å². The van der Waals surface area contributed by atoms with Crippen LogP contribution < -0.4 is 5.73 Å². The number of aromatic nitrogens is 1. The number of sulfonamides is 1. The first-order chi connectivity index (χ1) is 10.0. The van der Waals surface area contributed by atoms with Crippen LogP contribution >= 0.6 is 0 Å². The topological polar surface area (TPSA) is 76.3 Å². The van der Waals surface area contributed by atoms with E-state index in [1.165, 1.54) is 10.5 Å². The fourth-order valence-corrected chi connectivity index (χ4v) is 4.38. The Morgan fingerprint density at radius 3 is 2.86 bits per heavy atom. The lowest BCUT2D eigenvalue weighted by Gasteiger charge is -2.17. The molecule has 0 aliphatic carbocycles. The van der Waals surface area contributed by atoms with E-state index in [2.05, 4.69) is 10.9 Å². The molecule has 0 bridgehead atoms. The van der Waals surface area contributed by atoms with E-state index in [4.69, 9.17) is 12.2 Å². The molecule has 1 aliphatic heterocycles. The summed E-state index contributed by atoms with van der Waals surface area (Å²) in [7, 11) is -3.60. The Kier molecular flexibility index (Phi) is 3.41. The quantitative estimate of drug-likeness (QED) is 0.838. The minimum absolute atomic E-state index is 0.108. The Hall–Kier alpha value is -1.94. The highest BCUT2D eigenvalue weighted by Gasteiger charge is 2.32. The summed E-state index contributed by atoms with van der Waals surface area (Å²) in [5.41, 5.74) is 6.30. The Morgan fingerprint density at radius 2 is 2.19 bits per heavy atom. The van der Waals surface area contributed by atoms with E-state index < -0.39 is 10.0 Å². The van der Waals surface area contributed by atoms with Crippen LogP contribution in [0.4, 0.5) is 0 Å². The zero-order valence-electron chi connectivity index (χ0n) is 11.4. The summed E-state index contributed by atoms with van der Waals surface area (Å²) in [5.74, 6) is 2.51. The van der Waals surface area contributed by atoms with Gasteiger partial charge in [-0.1, -0.05) is 18.1 Å². The van der Waals surface area contributed by atoms with Gasteiger partial charge in [0.2, 0.25) is 10.0 Å². The monoisotopic (exact) mass is 301 g/mol. The average Bonchev–Trinajstić information content (AvgIpc) is 2.93. The molecule has 2 N–H and O–H groups in total. The van der Waals surface area contributed by atoms with Gasteiger partial charge in [0.15, 0.2) is 0 Å². The molecule has 1 saturated heterocycles. The molecular weight excluding hydrogens is 286 g/mol. The number of hydrogen-bond donors (Lipinski definition) is 1. The summed E-state index contributed by atoms with van der Waals surface area (Å²) in [4.78, 5) is 4.27. The summed E-state index contributed by atoms with van der Waals surface area (Å²) in [5, 5.41) is 1.27. The van der Waals surface area contributed by atoms with Crippen LogP contribution in [0.2, 0.25) is 0 Å². The summed E-state index contributed by atoms with van der Waals surface area (Å²) >= 11 is 0. The maximum absolute atomic E-state index is 12.8. The molecule has 0 spiro atoms. The minimum atomic E-state index is -3.60. The van der Waals surface area contributed by atoms with Crippen LogP contribution in [-0.2, 0) is 10.0 Å². The second kappa shape index (κ2) is 5.11. The lowest BCUT2D eigenvalue weighted by molar-refractivity contribution is 0.473. The third-order valence-electron chi connectivity index (χ3n) is 3.71. The molecule has 2 aromatic rings. The van der Waals surface area contributed by atoms with Crippen molar-refractivity contribution in [2.75, 3.05) is 13.1 Å². The molecule has 1 aliphatic rings. The number of pyridine rings is 1. The predicted octanol–water partition coefficient (Wildman–Crippen LogP) is 0.938. The fraction of sp³-hybridized carbons (Fsp3) is 0.267. The molecule has 108 valence electrons. The van der Waals surface area contributed by atoms with Crippen molar-refractivity contribution in [3.05, 3.63) is 36.2 Å². The number of hydrogen-bond acceptors (Lipinski definition) is 4. The highest BCUT2D eigenvalue weighted by atomic mass is 32.2. The van der Waals surface area contributed by atoms with Crippen LogP contribution in [0.25, 0.3) is 10.8 Å². The van der Waals surface area contributed by atoms with E-state index in [1.54, 1.807) is 24.4 Å². The smallest absolute Gasteiger partial charge is 0.243 e. The normalized spacial score (nSPS) is 19.7. The highest BCUT2D eigenvalue weighted by molar-refractivity contribution is 7.89. The van der Waals surface area contributed by atoms with Crippen LogP contribution in [0, 0.1) is 12.3 Å². The number of nitrogens with two attached hydrogens (primary N) is 1. The Balaban J connectivity index is 2.23. The molecule has 1 aromatic carbocycles. The van der Waals surface area contributed by atoms with Crippen molar-refractivity contribution in [2.24, 2.45) is 5.73 Å². The van der Waals surface area contributed by atoms with E-state index in [9.17, 15) is 8.42 Å². The zero-order valence-corrected chi connectivity index (χ0v) is 12.2. The van der Waals surface area contributed by atoms with E-state index >= 15 is 0 Å². The van der Waals surface area contributed by atoms with Gasteiger partial charge in [0.05, 0.1) is 10.5 Å². The number of fused-ring (bicyclic) bond motifs is 1. The predicted molar refractivity (Wildman–Crippen MR) is 81.0 cm³/mol. The summed E-state index contributed by atoms with van der Waals surface area (Å²) in [6.45, 7) is 0.783. The molecule has 5 nitrogen and oxygen atoms in total. The third-order valence-corrected chi connectivity index (χ3v) is 5.61. The van der Waals surface area contributed by atoms with Crippen molar-refractivity contribution < 1.29 is 8.42 Å². The van der Waals surface area contributed by atoms with Gasteiger partial charge in [-0.15, -0.1) is 6.42 Å². The minimum Gasteiger partial charge on any atom is -0.326 e. The lowest BCUT2D eigenvalue weighted by Crippen LogP contribution is -2.32. The zero-order chi connectivity index (χ0) is 15.0. The summed E-state index contributed by atoms with van der Waals surface area (Å²) in [6.07, 6.45) is 9.29. The van der Waals surface area contributed by atoms with Gasteiger partial charge in [-0.3, -0.25) is 4.98 Å². The molecule has 6 heteroatoms. The number of terminal acetylenes is 1. The maximum atomic E-state index is 12.8. The van der Waals surface area contributed by atoms with Gasteiger partial charge >= 0.3 is 0 Å². The molecule has 1 aromatic heterocycles. The molecule has 1 fully saturated rings. The van der Waals surface area contributed by atoms with Gasteiger partial charge in [0.1, 0.15) is 0 Å². The standard InChI is InChI=1S/C15H15N3O2S/c1-2-11-8-17-9-12-4-3-5-14(15(11)12)21(19,20)18-7-6-13(16)10-18/h1,3-5,8-9,13H,6-7,10,16H2. The fourth-order valence-electron chi connectivity index (χ4n) is 2.64. The van der Waals surface area contributed by atoms with E-state index in [1.807, 2.05) is 0 Å². The van der Waals surface area contributed by atoms with E-state index in [-0.39, 0.29) is 10.9 Å². The van der Waals surface area contributed by atoms with Crippen LogP contribution in [-0.4, -0.2) is 36.8 Å². The van der Waals surface area contributed by atoms with Crippen LogP contribution in [0.15, 0.2) is 35.5 Å². The maximum Gasteiger partial charge on any atom is 0.243 e. The first-order valence-corrected chi connectivity index (χ1v) is 8.07. The van der Waals surface area contributed by atoms with Crippen molar-refractivity contribution in [1.29, 1.82) is 0 Å². The second-order valence-corrected chi connectivity index (χ2v) is 7.00. The average molecular weight is 301 g/mol. The summed E-state index contributed by atoms with van der Waals surface area (Å²) < 4.78 is 27.1. The van der Waals surface area contributed by atoms with Crippen molar-refractivity contribution >= 4 is 20.8 Å². The third kappa shape index (κ3) is 2.29. The first-order valence-electron chi connectivity index (χ1n) is 6.63. The highest BCUT2D eigenvalue weighted by Crippen LogP contribution is 2.29. The Bertz CT molecular complexity index is 834. The first kappa shape index (κ1) is 14.0. The van der Waals surface area contributed by atoms with E-state index in [0.717, 1.165) is 5.39 Å². The van der Waals surface area contributed by atoms with Gasteiger partial charge in [-0.25, -0.2) is 8.42 Å². The van der Waals surface area contributed by atoms with Crippen LogP contribution in [0.5, 0.6) is 0 Å². The molecule has 1 unspecified atom stereocenters. The second-order valence-electron chi connectivity index (χ2n) is 5.10. The van der Waals surface area contributed by atoms with E-state index in [0.29, 0.717) is 30.5 Å². The van der Waals surface area contributed by atoms with Gasteiger partial charge in [0, 0.05) is 42.3 Å². The Morgan fingerprint density at radius 1 is 1.38 bits per heavy atom. The largest absolute Gasteiger partial charge is 0.326 e. The van der Waals surface area contributed by atoms with Crippen LogP contribution in [0.1, 0.15) is 12.0 Å². The number of benzene rings is 1. The van der Waals surface area contributed by atoms with Crippen LogP contribution in [0.3, 0.4) is 0 Å². The van der Waals surface area contributed by atoms with Gasteiger partial charge < -0.3 is 5.73 Å². The van der Waals surface area contributed by atoms with Crippen molar-refractivity contribution in [3.63, 3.8) is 0 Å². The molecule has 0 radical (unpaired) electrons. The lowest BCUT2D eigenvalue weighted by atomic mass is 10.1. The number of rotatable bonds is 2. The summed E-state index contributed by atoms with van der Waals surface area (Å²) in [6, 6.07) is 4.98. The van der Waals surface area contributed by atoms with Crippen molar-refractivity contribution in [3.8, 4) is 12.3 Å². The van der Waals surface area contributed by atoms with Gasteiger partial charge in [-0.05, 0) is 12.5 Å². The Labute approximate surface area is 123 Å². The molecule has 1 atom stereocenters. The molecule has 3 rings (SSSR count). The molecule has 21 heavy (non-hydrogen) atoms. The molecule has 0 amide bonds. The van der Waals surface area contributed by atoms with Gasteiger partial charge in [-0.2, -0.15) is 4.31 Å². The molecule has 0 saturated carbocycles. The van der Waals surface area contributed by atoms with Gasteiger partial charge in [0.25, 0.3) is 0 Å². The molecule has 2 heterocycles. The van der Waals surface area contributed by atoms with Crippen molar-refractivity contribution in [2.45, 2.75) is 17.4 Å².